The number of halogens is 1. The maximum Gasteiger partial charge on any atom is 0.212 e. The lowest BCUT2D eigenvalue weighted by Crippen LogP contribution is -2.28. The second-order valence-electron chi connectivity index (χ2n) is 5.11. The number of benzene rings is 2. The van der Waals surface area contributed by atoms with Gasteiger partial charge in [0.25, 0.3) is 0 Å². The molecule has 0 saturated carbocycles. The summed E-state index contributed by atoms with van der Waals surface area (Å²) in [7, 11) is 2.07. The molecular formula is C19H17ClN+. The van der Waals surface area contributed by atoms with Crippen molar-refractivity contribution in [3.05, 3.63) is 77.5 Å². The van der Waals surface area contributed by atoms with E-state index in [0.29, 0.717) is 5.88 Å². The minimum atomic E-state index is 0.559. The standard InChI is InChI=1S/C19H17ClN/c1-21-13-12-17(18-4-2-3-5-19(18)21)11-10-15-6-8-16(14-20)9-7-15/h2-13H,14H2,1H3/q+1. The largest absolute Gasteiger partial charge is 0.212 e. The molecule has 0 aliphatic carbocycles. The fourth-order valence-electron chi connectivity index (χ4n) is 2.44. The topological polar surface area (TPSA) is 3.88 Å². The molecule has 2 heteroatoms. The van der Waals surface area contributed by atoms with E-state index in [4.69, 9.17) is 11.6 Å². The van der Waals surface area contributed by atoms with E-state index >= 15 is 0 Å². The normalized spacial score (nSPS) is 11.3. The summed E-state index contributed by atoms with van der Waals surface area (Å²) in [6, 6.07) is 18.9. The second kappa shape index (κ2) is 6.11. The number of alkyl halides is 1. The first-order chi connectivity index (χ1) is 10.3. The lowest BCUT2D eigenvalue weighted by atomic mass is 10.1. The Balaban J connectivity index is 1.97. The third-order valence-electron chi connectivity index (χ3n) is 3.66. The highest BCUT2D eigenvalue weighted by Crippen LogP contribution is 2.18. The molecule has 0 spiro atoms. The first-order valence-corrected chi connectivity index (χ1v) is 7.52. The van der Waals surface area contributed by atoms with Crippen LogP contribution in [0.4, 0.5) is 0 Å². The SMILES string of the molecule is C[n+]1ccc(C=Cc2ccc(CCl)cc2)c2ccccc21. The molecule has 1 nitrogen and oxygen atoms in total. The average molecular weight is 295 g/mol. The predicted molar refractivity (Wildman–Crippen MR) is 90.1 cm³/mol. The fraction of sp³-hybridized carbons (Fsp3) is 0.105. The monoisotopic (exact) mass is 294 g/mol. The number of hydrogen-bond acceptors (Lipinski definition) is 0. The van der Waals surface area contributed by atoms with Crippen LogP contribution in [0.25, 0.3) is 23.1 Å². The minimum absolute atomic E-state index is 0.559. The number of aromatic nitrogens is 1. The highest BCUT2D eigenvalue weighted by atomic mass is 35.5. The van der Waals surface area contributed by atoms with Gasteiger partial charge in [0.15, 0.2) is 6.20 Å². The van der Waals surface area contributed by atoms with E-state index in [9.17, 15) is 0 Å². The number of hydrogen-bond donors (Lipinski definition) is 0. The van der Waals surface area contributed by atoms with E-state index in [1.807, 2.05) is 0 Å². The zero-order valence-corrected chi connectivity index (χ0v) is 12.7. The summed E-state index contributed by atoms with van der Waals surface area (Å²) in [4.78, 5) is 0. The summed E-state index contributed by atoms with van der Waals surface area (Å²) in [6.45, 7) is 0. The number of rotatable bonds is 3. The highest BCUT2D eigenvalue weighted by Gasteiger charge is 2.06. The summed E-state index contributed by atoms with van der Waals surface area (Å²) in [5.74, 6) is 0.559. The minimum Gasteiger partial charge on any atom is -0.201 e. The van der Waals surface area contributed by atoms with Gasteiger partial charge in [-0.2, -0.15) is 0 Å². The molecule has 0 N–H and O–H groups in total. The van der Waals surface area contributed by atoms with Crippen LogP contribution < -0.4 is 4.57 Å². The molecule has 104 valence electrons. The van der Waals surface area contributed by atoms with Crippen molar-refractivity contribution in [2.75, 3.05) is 0 Å². The molecule has 21 heavy (non-hydrogen) atoms. The van der Waals surface area contributed by atoms with E-state index in [1.54, 1.807) is 0 Å². The Morgan fingerprint density at radius 2 is 1.71 bits per heavy atom. The number of pyridine rings is 1. The summed E-state index contributed by atoms with van der Waals surface area (Å²) >= 11 is 5.81. The fourth-order valence-corrected chi connectivity index (χ4v) is 2.61. The van der Waals surface area contributed by atoms with Gasteiger partial charge < -0.3 is 0 Å². The van der Waals surface area contributed by atoms with Crippen molar-refractivity contribution in [3.63, 3.8) is 0 Å². The average Bonchev–Trinajstić information content (AvgIpc) is 2.55. The zero-order valence-electron chi connectivity index (χ0n) is 12.0. The Morgan fingerprint density at radius 3 is 2.48 bits per heavy atom. The molecule has 1 aromatic heterocycles. The molecular weight excluding hydrogens is 278 g/mol. The van der Waals surface area contributed by atoms with E-state index in [1.165, 1.54) is 22.0 Å². The van der Waals surface area contributed by atoms with Crippen molar-refractivity contribution in [2.45, 2.75) is 5.88 Å². The number of nitrogens with zero attached hydrogens (tertiary/aromatic N) is 1. The number of aryl methyl sites for hydroxylation is 1. The van der Waals surface area contributed by atoms with Crippen molar-refractivity contribution in [1.82, 2.24) is 0 Å². The van der Waals surface area contributed by atoms with Gasteiger partial charge >= 0.3 is 0 Å². The lowest BCUT2D eigenvalue weighted by molar-refractivity contribution is -0.644. The van der Waals surface area contributed by atoms with Gasteiger partial charge in [0, 0.05) is 18.0 Å². The van der Waals surface area contributed by atoms with Crippen molar-refractivity contribution >= 4 is 34.7 Å². The smallest absolute Gasteiger partial charge is 0.201 e. The molecule has 1 heterocycles. The Kier molecular flexibility index (Phi) is 4.03. The van der Waals surface area contributed by atoms with E-state index in [-0.39, 0.29) is 0 Å². The van der Waals surface area contributed by atoms with Crippen molar-refractivity contribution in [1.29, 1.82) is 0 Å². The van der Waals surface area contributed by atoms with Crippen molar-refractivity contribution in [2.24, 2.45) is 7.05 Å². The van der Waals surface area contributed by atoms with Crippen LogP contribution in [0.5, 0.6) is 0 Å². The molecule has 0 amide bonds. The quantitative estimate of drug-likeness (QED) is 0.492. The highest BCUT2D eigenvalue weighted by molar-refractivity contribution is 6.17. The van der Waals surface area contributed by atoms with Crippen LogP contribution in [0.15, 0.2) is 60.8 Å². The Hall–Kier alpha value is -2.12. The number of fused-ring (bicyclic) bond motifs is 1. The van der Waals surface area contributed by atoms with Gasteiger partial charge in [-0.25, -0.2) is 4.57 Å². The second-order valence-corrected chi connectivity index (χ2v) is 5.37. The molecule has 3 aromatic rings. The molecule has 0 atom stereocenters. The molecule has 0 aliphatic rings. The molecule has 0 fully saturated rings. The molecule has 0 saturated heterocycles. The third-order valence-corrected chi connectivity index (χ3v) is 3.97. The van der Waals surface area contributed by atoms with Crippen molar-refractivity contribution < 1.29 is 4.57 Å². The van der Waals surface area contributed by atoms with Crippen LogP contribution in [-0.4, -0.2) is 0 Å². The molecule has 0 aliphatic heterocycles. The van der Waals surface area contributed by atoms with Crippen LogP contribution in [0.2, 0.25) is 0 Å². The van der Waals surface area contributed by atoms with Crippen molar-refractivity contribution in [3.8, 4) is 0 Å². The zero-order chi connectivity index (χ0) is 14.7. The van der Waals surface area contributed by atoms with Gasteiger partial charge in [-0.05, 0) is 22.8 Å². The molecule has 0 radical (unpaired) electrons. The summed E-state index contributed by atoms with van der Waals surface area (Å²) in [6.07, 6.45) is 6.40. The molecule has 0 bridgehead atoms. The third kappa shape index (κ3) is 2.98. The maximum absolute atomic E-state index is 5.81. The Labute approximate surface area is 130 Å². The van der Waals surface area contributed by atoms with E-state index < -0.39 is 0 Å². The first kappa shape index (κ1) is 13.8. The van der Waals surface area contributed by atoms with Crippen LogP contribution in [-0.2, 0) is 12.9 Å². The Bertz CT molecular complexity index is 788. The predicted octanol–water partition coefficient (Wildman–Crippen LogP) is 4.57. The summed E-state index contributed by atoms with van der Waals surface area (Å²) in [5.41, 5.74) is 4.79. The van der Waals surface area contributed by atoms with Crippen LogP contribution in [0.3, 0.4) is 0 Å². The van der Waals surface area contributed by atoms with Gasteiger partial charge in [0.05, 0.1) is 5.39 Å². The maximum atomic E-state index is 5.81. The van der Waals surface area contributed by atoms with E-state index in [2.05, 4.69) is 84.6 Å². The molecule has 3 rings (SSSR count). The van der Waals surface area contributed by atoms with Gasteiger partial charge in [0.2, 0.25) is 5.52 Å². The Morgan fingerprint density at radius 1 is 0.952 bits per heavy atom. The van der Waals surface area contributed by atoms with Gasteiger partial charge in [-0.3, -0.25) is 0 Å². The molecule has 0 unspecified atom stereocenters. The van der Waals surface area contributed by atoms with Gasteiger partial charge in [0.1, 0.15) is 7.05 Å². The van der Waals surface area contributed by atoms with Crippen LogP contribution in [0.1, 0.15) is 16.7 Å². The first-order valence-electron chi connectivity index (χ1n) is 6.98. The lowest BCUT2D eigenvalue weighted by Gasteiger charge is -2.01. The van der Waals surface area contributed by atoms with Gasteiger partial charge in [-0.15, -0.1) is 11.6 Å². The summed E-state index contributed by atoms with van der Waals surface area (Å²) < 4.78 is 2.14. The number of para-hydroxylation sites is 1. The van der Waals surface area contributed by atoms with Gasteiger partial charge in [-0.1, -0.05) is 48.6 Å². The van der Waals surface area contributed by atoms with Crippen LogP contribution in [0, 0.1) is 0 Å². The molecule has 2 aromatic carbocycles. The van der Waals surface area contributed by atoms with Crippen LogP contribution >= 0.6 is 11.6 Å². The summed E-state index contributed by atoms with van der Waals surface area (Å²) in [5, 5.41) is 1.26. The van der Waals surface area contributed by atoms with E-state index in [0.717, 1.165) is 5.56 Å².